The summed E-state index contributed by atoms with van der Waals surface area (Å²) in [6.07, 6.45) is 8.75. The van der Waals surface area contributed by atoms with Crippen LogP contribution >= 0.6 is 0 Å². The maximum Gasteiger partial charge on any atom is 0.120 e. The van der Waals surface area contributed by atoms with E-state index in [2.05, 4.69) is 51.4 Å². The highest BCUT2D eigenvalue weighted by atomic mass is 16.5. The Hall–Kier alpha value is -3.14. The third-order valence-corrected chi connectivity index (χ3v) is 5.04. The summed E-state index contributed by atoms with van der Waals surface area (Å²) in [5.41, 5.74) is 7.17. The van der Waals surface area contributed by atoms with Gasteiger partial charge in [-0.2, -0.15) is 0 Å². The molecule has 5 rings (SSSR count). The molecule has 0 unspecified atom stereocenters. The average molecular weight is 341 g/mol. The molecule has 2 heterocycles. The van der Waals surface area contributed by atoms with Gasteiger partial charge in [0.25, 0.3) is 0 Å². The minimum Gasteiger partial charge on any atom is -0.489 e. The molecule has 2 aromatic heterocycles. The Morgan fingerprint density at radius 3 is 2.77 bits per heavy atom. The van der Waals surface area contributed by atoms with Crippen LogP contribution in [0.25, 0.3) is 22.2 Å². The van der Waals surface area contributed by atoms with E-state index in [0.29, 0.717) is 6.61 Å². The van der Waals surface area contributed by atoms with Gasteiger partial charge in [0.05, 0.1) is 11.9 Å². The predicted molar refractivity (Wildman–Crippen MR) is 102 cm³/mol. The van der Waals surface area contributed by atoms with Crippen LogP contribution in [0.2, 0.25) is 0 Å². The molecule has 0 saturated carbocycles. The third-order valence-electron chi connectivity index (χ3n) is 5.04. The summed E-state index contributed by atoms with van der Waals surface area (Å²) in [6.45, 7) is 0.554. The number of rotatable bonds is 4. The van der Waals surface area contributed by atoms with Crippen molar-refractivity contribution in [1.82, 2.24) is 15.0 Å². The lowest BCUT2D eigenvalue weighted by Crippen LogP contribution is -1.95. The quantitative estimate of drug-likeness (QED) is 0.586. The second kappa shape index (κ2) is 6.30. The van der Waals surface area contributed by atoms with Crippen LogP contribution in [0.3, 0.4) is 0 Å². The molecule has 0 radical (unpaired) electrons. The first-order valence-electron chi connectivity index (χ1n) is 8.98. The van der Waals surface area contributed by atoms with Gasteiger partial charge >= 0.3 is 0 Å². The van der Waals surface area contributed by atoms with E-state index < -0.39 is 0 Å². The minimum atomic E-state index is 0.554. The summed E-state index contributed by atoms with van der Waals surface area (Å²) in [7, 11) is 0. The molecule has 1 N–H and O–H groups in total. The van der Waals surface area contributed by atoms with Gasteiger partial charge in [0.2, 0.25) is 0 Å². The maximum absolute atomic E-state index is 6.03. The van der Waals surface area contributed by atoms with Crippen molar-refractivity contribution in [3.05, 3.63) is 77.9 Å². The Bertz CT molecular complexity index is 1050. The van der Waals surface area contributed by atoms with E-state index in [-0.39, 0.29) is 0 Å². The summed E-state index contributed by atoms with van der Waals surface area (Å²) < 4.78 is 6.03. The van der Waals surface area contributed by atoms with Crippen LogP contribution < -0.4 is 4.74 Å². The lowest BCUT2D eigenvalue weighted by atomic mass is 10.1. The lowest BCUT2D eigenvalue weighted by molar-refractivity contribution is 0.306. The number of nitrogens with zero attached hydrogens (tertiary/aromatic N) is 2. The topological polar surface area (TPSA) is 50.8 Å². The number of hydrogen-bond acceptors (Lipinski definition) is 3. The van der Waals surface area contributed by atoms with Crippen molar-refractivity contribution < 1.29 is 4.74 Å². The van der Waals surface area contributed by atoms with Crippen molar-refractivity contribution in [2.75, 3.05) is 0 Å². The largest absolute Gasteiger partial charge is 0.489 e. The molecule has 26 heavy (non-hydrogen) atoms. The van der Waals surface area contributed by atoms with Crippen molar-refractivity contribution >= 4 is 10.9 Å². The Balaban J connectivity index is 1.32. The Morgan fingerprint density at radius 2 is 1.92 bits per heavy atom. The van der Waals surface area contributed by atoms with Crippen LogP contribution in [-0.4, -0.2) is 15.0 Å². The van der Waals surface area contributed by atoms with E-state index >= 15 is 0 Å². The monoisotopic (exact) mass is 341 g/mol. The first kappa shape index (κ1) is 15.1. The number of aryl methyl sites for hydroxylation is 2. The number of benzene rings is 2. The van der Waals surface area contributed by atoms with Gasteiger partial charge in [0.15, 0.2) is 0 Å². The fraction of sp³-hybridized carbons (Fsp3) is 0.182. The molecule has 0 bridgehead atoms. The van der Waals surface area contributed by atoms with Crippen molar-refractivity contribution in [2.45, 2.75) is 25.9 Å². The zero-order chi connectivity index (χ0) is 17.3. The fourth-order valence-electron chi connectivity index (χ4n) is 3.70. The fourth-order valence-corrected chi connectivity index (χ4v) is 3.70. The van der Waals surface area contributed by atoms with Crippen LogP contribution in [0, 0.1) is 0 Å². The minimum absolute atomic E-state index is 0.554. The Kier molecular flexibility index (Phi) is 3.67. The van der Waals surface area contributed by atoms with Gasteiger partial charge in [0.1, 0.15) is 12.4 Å². The molecular formula is C22H19N3O. The zero-order valence-corrected chi connectivity index (χ0v) is 14.4. The predicted octanol–water partition coefficient (Wildman–Crippen LogP) is 4.69. The molecule has 1 aliphatic rings. The number of hydrogen-bond donors (Lipinski definition) is 1. The summed E-state index contributed by atoms with van der Waals surface area (Å²) in [5, 5.41) is 1.31. The third kappa shape index (κ3) is 2.73. The van der Waals surface area contributed by atoms with E-state index in [1.165, 1.54) is 41.4 Å². The van der Waals surface area contributed by atoms with Gasteiger partial charge in [-0.25, -0.2) is 0 Å². The summed E-state index contributed by atoms with van der Waals surface area (Å²) >= 11 is 0. The summed E-state index contributed by atoms with van der Waals surface area (Å²) in [4.78, 5) is 12.0. The average Bonchev–Trinajstić information content (AvgIpc) is 3.29. The first-order chi connectivity index (χ1) is 12.9. The van der Waals surface area contributed by atoms with Crippen molar-refractivity contribution in [3.63, 3.8) is 0 Å². The van der Waals surface area contributed by atoms with E-state index in [4.69, 9.17) is 4.74 Å². The molecular weight excluding hydrogens is 322 g/mol. The van der Waals surface area contributed by atoms with Crippen molar-refractivity contribution in [2.24, 2.45) is 0 Å². The van der Waals surface area contributed by atoms with E-state index in [9.17, 15) is 0 Å². The molecule has 0 aliphatic heterocycles. The molecule has 1 aliphatic carbocycles. The number of aromatic nitrogens is 3. The van der Waals surface area contributed by atoms with Gasteiger partial charge in [-0.15, -0.1) is 0 Å². The molecule has 0 amide bonds. The number of nitrogens with one attached hydrogen (secondary N) is 1. The van der Waals surface area contributed by atoms with Gasteiger partial charge in [-0.3, -0.25) is 9.97 Å². The molecule has 128 valence electrons. The van der Waals surface area contributed by atoms with Gasteiger partial charge in [0, 0.05) is 34.6 Å². The summed E-state index contributed by atoms with van der Waals surface area (Å²) in [6, 6.07) is 14.6. The smallest absolute Gasteiger partial charge is 0.120 e. The van der Waals surface area contributed by atoms with E-state index in [1.807, 2.05) is 6.07 Å². The van der Waals surface area contributed by atoms with Crippen LogP contribution in [-0.2, 0) is 19.4 Å². The lowest BCUT2D eigenvalue weighted by Gasteiger charge is -2.08. The van der Waals surface area contributed by atoms with E-state index in [1.54, 1.807) is 18.6 Å². The van der Waals surface area contributed by atoms with E-state index in [0.717, 1.165) is 22.6 Å². The molecule has 0 spiro atoms. The van der Waals surface area contributed by atoms with Gasteiger partial charge in [-0.05, 0) is 48.6 Å². The highest BCUT2D eigenvalue weighted by Crippen LogP contribution is 2.32. The highest BCUT2D eigenvalue weighted by Gasteiger charge is 2.17. The molecule has 4 aromatic rings. The molecule has 0 fully saturated rings. The van der Waals surface area contributed by atoms with Crippen LogP contribution in [0.15, 0.2) is 61.1 Å². The molecule has 4 heteroatoms. The molecule has 2 aromatic carbocycles. The SMILES string of the molecule is c1cnc(-c2ccc(COc3ccc4[nH]c5c(c4c3)CCC5)cc2)cn1. The number of aromatic amines is 1. The standard InChI is InChI=1S/C22H19N3O/c1-2-18-19-12-17(8-9-21(19)25-20(18)3-1)26-14-15-4-6-16(7-5-15)22-13-23-10-11-24-22/h4-13,25H,1-3,14H2. The molecule has 0 saturated heterocycles. The van der Waals surface area contributed by atoms with Crippen molar-refractivity contribution in [3.8, 4) is 17.0 Å². The number of ether oxygens (including phenoxy) is 1. The van der Waals surface area contributed by atoms with Crippen LogP contribution in [0.4, 0.5) is 0 Å². The first-order valence-corrected chi connectivity index (χ1v) is 8.98. The number of fused-ring (bicyclic) bond motifs is 3. The zero-order valence-electron chi connectivity index (χ0n) is 14.4. The second-order valence-electron chi connectivity index (χ2n) is 6.72. The second-order valence-corrected chi connectivity index (χ2v) is 6.72. The summed E-state index contributed by atoms with van der Waals surface area (Å²) in [5.74, 6) is 0.921. The Morgan fingerprint density at radius 1 is 1.00 bits per heavy atom. The normalized spacial score (nSPS) is 13.1. The molecule has 0 atom stereocenters. The van der Waals surface area contributed by atoms with Crippen molar-refractivity contribution in [1.29, 1.82) is 0 Å². The highest BCUT2D eigenvalue weighted by molar-refractivity contribution is 5.86. The van der Waals surface area contributed by atoms with Gasteiger partial charge in [-0.1, -0.05) is 24.3 Å². The van der Waals surface area contributed by atoms with Crippen LogP contribution in [0.5, 0.6) is 5.75 Å². The number of H-pyrrole nitrogens is 1. The molecule has 4 nitrogen and oxygen atoms in total. The maximum atomic E-state index is 6.03. The van der Waals surface area contributed by atoms with Gasteiger partial charge < -0.3 is 9.72 Å². The van der Waals surface area contributed by atoms with Crippen LogP contribution in [0.1, 0.15) is 23.2 Å². The Labute approximate surface area is 151 Å².